The first-order valence-electron chi connectivity index (χ1n) is 23.9. The van der Waals surface area contributed by atoms with Gasteiger partial charge in [0.15, 0.2) is 5.82 Å². The lowest BCUT2D eigenvalue weighted by Gasteiger charge is -2.36. The van der Waals surface area contributed by atoms with E-state index >= 15 is 0 Å². The standard InChI is InChI=1S/C50H67F2N9O6/c1-50(2,3)46(49(66)61-18-14-39(62)31-61)55-44(63)9-7-5-4-6-8-17-53-45(64)32-59-19-21-60(22-20-59)38-11-12-40(43(30-38)54-37-15-23-67-24-16-37)48(65)56-47-41-28-33(10-13-42(41)57-58-47)25-34-26-35(51)29-36(52)27-34/h10-13,26-30,37,39,46,54,62H,4-9,14-25,31-32H2,1-3H3,(H,53,64)(H,55,63)(H2,56,57,58,65)/t39?,46-/m1/s1. The highest BCUT2D eigenvalue weighted by Crippen LogP contribution is 2.30. The molecule has 3 aliphatic rings. The average molecular weight is 928 g/mol. The lowest BCUT2D eigenvalue weighted by molar-refractivity contribution is -0.138. The summed E-state index contributed by atoms with van der Waals surface area (Å²) in [5.41, 5.74) is 3.72. The molecule has 0 saturated carbocycles. The maximum atomic E-state index is 14.0. The molecule has 15 nitrogen and oxygen atoms in total. The molecule has 17 heteroatoms. The normalized spacial score (nSPS) is 17.7. The topological polar surface area (TPSA) is 184 Å². The number of aliphatic hydroxyl groups excluding tert-OH is 1. The number of H-pyrrole nitrogens is 1. The van der Waals surface area contributed by atoms with Crippen LogP contribution >= 0.6 is 0 Å². The highest BCUT2D eigenvalue weighted by Gasteiger charge is 2.38. The molecule has 2 atom stereocenters. The highest BCUT2D eigenvalue weighted by molar-refractivity contribution is 6.11. The van der Waals surface area contributed by atoms with Gasteiger partial charge in [-0.05, 0) is 97.5 Å². The van der Waals surface area contributed by atoms with Crippen molar-refractivity contribution in [3.8, 4) is 0 Å². The molecule has 4 amide bonds. The van der Waals surface area contributed by atoms with E-state index < -0.39 is 29.2 Å². The summed E-state index contributed by atoms with van der Waals surface area (Å²) in [5, 5.41) is 30.5. The van der Waals surface area contributed by atoms with Crippen molar-refractivity contribution in [2.24, 2.45) is 5.41 Å². The van der Waals surface area contributed by atoms with Crippen LogP contribution in [0.5, 0.6) is 0 Å². The molecule has 1 aromatic heterocycles. The number of aromatic amines is 1. The average Bonchev–Trinajstić information content (AvgIpc) is 3.91. The van der Waals surface area contributed by atoms with Crippen molar-refractivity contribution in [1.29, 1.82) is 0 Å². The minimum absolute atomic E-state index is 0.00212. The second kappa shape index (κ2) is 22.9. The summed E-state index contributed by atoms with van der Waals surface area (Å²) in [6.45, 7) is 11.7. The molecule has 3 fully saturated rings. The molecule has 0 aliphatic carbocycles. The fourth-order valence-electron chi connectivity index (χ4n) is 9.10. The number of halogens is 2. The van der Waals surface area contributed by atoms with Crippen molar-refractivity contribution < 1.29 is 37.8 Å². The van der Waals surface area contributed by atoms with Crippen molar-refractivity contribution >= 4 is 51.7 Å². The molecule has 362 valence electrons. The monoisotopic (exact) mass is 928 g/mol. The number of likely N-dealkylation sites (tertiary alicyclic amines) is 1. The van der Waals surface area contributed by atoms with Crippen molar-refractivity contribution in [1.82, 2.24) is 30.6 Å². The Bertz CT molecular complexity index is 2320. The number of aliphatic hydroxyl groups is 1. The fraction of sp³-hybridized carbons (Fsp3) is 0.540. The summed E-state index contributed by atoms with van der Waals surface area (Å²) in [6.07, 6.45) is 6.69. The third kappa shape index (κ3) is 14.0. The van der Waals surface area contributed by atoms with Crippen molar-refractivity contribution in [3.63, 3.8) is 0 Å². The van der Waals surface area contributed by atoms with E-state index in [4.69, 9.17) is 4.74 Å². The van der Waals surface area contributed by atoms with Gasteiger partial charge in [-0.3, -0.25) is 29.2 Å². The Labute approximate surface area is 391 Å². The maximum absolute atomic E-state index is 14.0. The van der Waals surface area contributed by atoms with E-state index in [0.717, 1.165) is 62.3 Å². The number of fused-ring (bicyclic) bond motifs is 1. The van der Waals surface area contributed by atoms with E-state index in [0.29, 0.717) is 118 Å². The zero-order valence-electron chi connectivity index (χ0n) is 39.1. The molecule has 3 aromatic carbocycles. The van der Waals surface area contributed by atoms with Crippen LogP contribution in [0.25, 0.3) is 10.9 Å². The largest absolute Gasteiger partial charge is 0.391 e. The lowest BCUT2D eigenvalue weighted by Crippen LogP contribution is -2.54. The van der Waals surface area contributed by atoms with Crippen LogP contribution in [0.3, 0.4) is 0 Å². The summed E-state index contributed by atoms with van der Waals surface area (Å²) in [6, 6.07) is 14.3. The minimum atomic E-state index is -0.636. The molecule has 3 saturated heterocycles. The minimum Gasteiger partial charge on any atom is -0.391 e. The van der Waals surface area contributed by atoms with Crippen molar-refractivity contribution in [3.05, 3.63) is 82.9 Å². The number of carbonyl (C=O) groups excluding carboxylic acids is 4. The molecule has 7 rings (SSSR count). The molecule has 6 N–H and O–H groups in total. The fourth-order valence-corrected chi connectivity index (χ4v) is 9.10. The Morgan fingerprint density at radius 3 is 2.30 bits per heavy atom. The second-order valence-corrected chi connectivity index (χ2v) is 19.3. The van der Waals surface area contributed by atoms with Gasteiger partial charge < -0.3 is 40.9 Å². The smallest absolute Gasteiger partial charge is 0.258 e. The number of rotatable bonds is 19. The first-order valence-corrected chi connectivity index (χ1v) is 23.9. The van der Waals surface area contributed by atoms with Crippen LogP contribution in [-0.2, 0) is 25.5 Å². The number of carbonyl (C=O) groups is 4. The number of anilines is 3. The zero-order chi connectivity index (χ0) is 47.5. The predicted molar refractivity (Wildman–Crippen MR) is 255 cm³/mol. The van der Waals surface area contributed by atoms with Gasteiger partial charge in [-0.2, -0.15) is 5.10 Å². The number of benzene rings is 3. The van der Waals surface area contributed by atoms with Crippen LogP contribution in [0.2, 0.25) is 0 Å². The van der Waals surface area contributed by atoms with Gasteiger partial charge in [-0.15, -0.1) is 0 Å². The van der Waals surface area contributed by atoms with E-state index in [1.807, 2.05) is 57.2 Å². The Hall–Kier alpha value is -5.65. The SMILES string of the molecule is CC(C)(C)[C@H](NC(=O)CCCCCCCNC(=O)CN1CCN(c2ccc(C(=O)Nc3n[nH]c4ccc(Cc5cc(F)cc(F)c5)cc34)c(NC3CCOCC3)c2)CC1)C(=O)N1CCC(O)C1. The molecule has 3 aliphatic heterocycles. The van der Waals surface area contributed by atoms with Gasteiger partial charge >= 0.3 is 0 Å². The summed E-state index contributed by atoms with van der Waals surface area (Å²) in [4.78, 5) is 58.8. The number of hydrogen-bond donors (Lipinski definition) is 6. The molecule has 0 bridgehead atoms. The zero-order valence-corrected chi connectivity index (χ0v) is 39.1. The number of nitrogens with zero attached hydrogens (tertiary/aromatic N) is 4. The molecular weight excluding hydrogens is 861 g/mol. The molecule has 67 heavy (non-hydrogen) atoms. The van der Waals surface area contributed by atoms with Gasteiger partial charge in [-0.25, -0.2) is 8.78 Å². The Kier molecular flexibility index (Phi) is 16.8. The molecule has 4 heterocycles. The lowest BCUT2D eigenvalue weighted by atomic mass is 9.85. The number of aromatic nitrogens is 2. The number of hydrogen-bond acceptors (Lipinski definition) is 10. The number of ether oxygens (including phenoxy) is 1. The Morgan fingerprint density at radius 2 is 1.58 bits per heavy atom. The maximum Gasteiger partial charge on any atom is 0.258 e. The third-order valence-corrected chi connectivity index (χ3v) is 12.9. The van der Waals surface area contributed by atoms with E-state index in [2.05, 4.69) is 41.3 Å². The van der Waals surface area contributed by atoms with E-state index in [-0.39, 0.29) is 29.7 Å². The van der Waals surface area contributed by atoms with Gasteiger partial charge in [0.25, 0.3) is 5.91 Å². The quantitative estimate of drug-likeness (QED) is 0.0613. The van der Waals surface area contributed by atoms with Gasteiger partial charge in [0.1, 0.15) is 17.7 Å². The molecule has 0 radical (unpaired) electrons. The second-order valence-electron chi connectivity index (χ2n) is 19.3. The van der Waals surface area contributed by atoms with Crippen LogP contribution in [0.1, 0.15) is 100 Å². The van der Waals surface area contributed by atoms with Gasteiger partial charge in [0, 0.05) is 94.3 Å². The van der Waals surface area contributed by atoms with Crippen molar-refractivity contribution in [2.75, 3.05) is 81.1 Å². The van der Waals surface area contributed by atoms with Crippen LogP contribution in [0.4, 0.5) is 26.0 Å². The Morgan fingerprint density at radius 1 is 0.851 bits per heavy atom. The van der Waals surface area contributed by atoms with Crippen LogP contribution in [-0.4, -0.2) is 132 Å². The third-order valence-electron chi connectivity index (χ3n) is 12.9. The van der Waals surface area contributed by atoms with Gasteiger partial charge in [0.05, 0.1) is 23.7 Å². The van der Waals surface area contributed by atoms with E-state index in [1.54, 1.807) is 4.90 Å². The molecule has 4 aromatic rings. The summed E-state index contributed by atoms with van der Waals surface area (Å²) in [5.74, 6) is -1.52. The summed E-state index contributed by atoms with van der Waals surface area (Å²) in [7, 11) is 0. The first kappa shape index (κ1) is 49.3. The number of piperazine rings is 1. The summed E-state index contributed by atoms with van der Waals surface area (Å²) < 4.78 is 33.4. The highest BCUT2D eigenvalue weighted by atomic mass is 19.1. The molecular formula is C50H67F2N9O6. The Balaban J connectivity index is 0.843. The van der Waals surface area contributed by atoms with Crippen LogP contribution in [0.15, 0.2) is 54.6 Å². The number of β-amino-alcohol motifs (C(OH)–C–C–N with tert-alkyl or cyclic N) is 1. The number of nitrogens with one attached hydrogen (secondary N) is 5. The van der Waals surface area contributed by atoms with E-state index in [1.165, 1.54) is 12.1 Å². The van der Waals surface area contributed by atoms with E-state index in [9.17, 15) is 33.1 Å². The van der Waals surface area contributed by atoms with Gasteiger partial charge in [0.2, 0.25) is 17.7 Å². The predicted octanol–water partition coefficient (Wildman–Crippen LogP) is 5.98. The first-order chi connectivity index (χ1) is 32.2. The number of amides is 4. The van der Waals surface area contributed by atoms with Crippen molar-refractivity contribution in [2.45, 2.75) is 103 Å². The number of unbranched alkanes of at least 4 members (excludes halogenated alkanes) is 4. The molecule has 1 unspecified atom stereocenters. The van der Waals surface area contributed by atoms with Crippen LogP contribution in [0, 0.1) is 17.0 Å². The summed E-state index contributed by atoms with van der Waals surface area (Å²) >= 11 is 0. The molecule has 0 spiro atoms. The van der Waals surface area contributed by atoms with Gasteiger partial charge in [-0.1, -0.05) is 46.1 Å². The van der Waals surface area contributed by atoms with Crippen LogP contribution < -0.4 is 26.2 Å².